The molecular formula is C18H29IN6O2. The number of nitrogens with zero attached hydrogens (tertiary/aromatic N) is 4. The highest BCUT2D eigenvalue weighted by Crippen LogP contribution is 2.09. The molecule has 8 nitrogen and oxygen atoms in total. The van der Waals surface area contributed by atoms with Crippen LogP contribution in [0.5, 0.6) is 0 Å². The summed E-state index contributed by atoms with van der Waals surface area (Å²) in [4.78, 5) is 4.60. The smallest absolute Gasteiger partial charge is 0.191 e. The highest BCUT2D eigenvalue weighted by atomic mass is 127. The van der Waals surface area contributed by atoms with Crippen molar-refractivity contribution in [2.24, 2.45) is 4.99 Å². The topological polar surface area (TPSA) is 85.6 Å². The van der Waals surface area contributed by atoms with E-state index in [1.54, 1.807) is 13.4 Å². The van der Waals surface area contributed by atoms with Crippen LogP contribution in [-0.2, 0) is 16.0 Å². The standard InChI is InChI=1S/C18H28N6O2.HI/c1-3-19-18(20-10-7-11-26-13-12-25-2)21-14-17-23-22-15-24(17)16-8-5-4-6-9-16;/h4-6,8-9,15H,3,7,10-14H2,1-2H3,(H2,19,20,21);1H. The quantitative estimate of drug-likeness (QED) is 0.218. The van der Waals surface area contributed by atoms with Gasteiger partial charge in [-0.1, -0.05) is 18.2 Å². The molecule has 2 aromatic rings. The summed E-state index contributed by atoms with van der Waals surface area (Å²) in [7, 11) is 1.67. The lowest BCUT2D eigenvalue weighted by Gasteiger charge is -2.11. The minimum atomic E-state index is 0. The number of aromatic nitrogens is 3. The molecule has 2 rings (SSSR count). The fourth-order valence-corrected chi connectivity index (χ4v) is 2.29. The van der Waals surface area contributed by atoms with Crippen LogP contribution in [0.25, 0.3) is 5.69 Å². The van der Waals surface area contributed by atoms with Crippen molar-refractivity contribution in [2.75, 3.05) is 40.0 Å². The number of benzene rings is 1. The summed E-state index contributed by atoms with van der Waals surface area (Å²) in [6.45, 7) is 6.00. The summed E-state index contributed by atoms with van der Waals surface area (Å²) in [6, 6.07) is 10.00. The minimum absolute atomic E-state index is 0. The van der Waals surface area contributed by atoms with Crippen LogP contribution >= 0.6 is 24.0 Å². The van der Waals surface area contributed by atoms with Crippen molar-refractivity contribution in [2.45, 2.75) is 19.9 Å². The molecule has 0 saturated heterocycles. The summed E-state index contributed by atoms with van der Waals surface area (Å²) in [5.74, 6) is 1.54. The molecule has 0 atom stereocenters. The Morgan fingerprint density at radius 1 is 1.15 bits per heavy atom. The second-order valence-corrected chi connectivity index (χ2v) is 5.53. The van der Waals surface area contributed by atoms with Crippen LogP contribution in [0.2, 0.25) is 0 Å². The molecule has 2 N–H and O–H groups in total. The number of hydrogen-bond donors (Lipinski definition) is 2. The van der Waals surface area contributed by atoms with E-state index in [1.807, 2.05) is 41.8 Å². The first-order valence-corrected chi connectivity index (χ1v) is 8.88. The maximum atomic E-state index is 5.45. The van der Waals surface area contributed by atoms with Gasteiger partial charge in [0.15, 0.2) is 11.8 Å². The predicted molar refractivity (Wildman–Crippen MR) is 117 cm³/mol. The van der Waals surface area contributed by atoms with E-state index in [9.17, 15) is 0 Å². The van der Waals surface area contributed by atoms with Crippen molar-refractivity contribution < 1.29 is 9.47 Å². The van der Waals surface area contributed by atoms with Crippen LogP contribution in [0.1, 0.15) is 19.2 Å². The molecule has 0 aliphatic heterocycles. The van der Waals surface area contributed by atoms with Gasteiger partial charge in [-0.25, -0.2) is 4.99 Å². The number of hydrogen-bond acceptors (Lipinski definition) is 5. The molecule has 0 aliphatic carbocycles. The van der Waals surface area contributed by atoms with E-state index in [0.29, 0.717) is 26.4 Å². The van der Waals surface area contributed by atoms with E-state index in [4.69, 9.17) is 9.47 Å². The largest absolute Gasteiger partial charge is 0.382 e. The Kier molecular flexibility index (Phi) is 12.4. The van der Waals surface area contributed by atoms with Gasteiger partial charge in [-0.2, -0.15) is 0 Å². The number of ether oxygens (including phenoxy) is 2. The Bertz CT molecular complexity index is 650. The first-order chi connectivity index (χ1) is 12.8. The average molecular weight is 488 g/mol. The number of methoxy groups -OCH3 is 1. The second-order valence-electron chi connectivity index (χ2n) is 5.53. The SMILES string of the molecule is CCNC(=NCc1nncn1-c1ccccc1)NCCCOCCOC.I. The van der Waals surface area contributed by atoms with E-state index in [0.717, 1.165) is 37.0 Å². The summed E-state index contributed by atoms with van der Waals surface area (Å²) in [5.41, 5.74) is 1.02. The van der Waals surface area contributed by atoms with E-state index in [-0.39, 0.29) is 24.0 Å². The lowest BCUT2D eigenvalue weighted by molar-refractivity contribution is 0.0698. The minimum Gasteiger partial charge on any atom is -0.382 e. The lowest BCUT2D eigenvalue weighted by atomic mass is 10.3. The number of aliphatic imine (C=N–C) groups is 1. The molecule has 9 heteroatoms. The van der Waals surface area contributed by atoms with Gasteiger partial charge in [0.25, 0.3) is 0 Å². The van der Waals surface area contributed by atoms with E-state index in [1.165, 1.54) is 0 Å². The molecule has 0 bridgehead atoms. The van der Waals surface area contributed by atoms with Gasteiger partial charge >= 0.3 is 0 Å². The molecule has 0 fully saturated rings. The number of nitrogens with one attached hydrogen (secondary N) is 2. The second kappa shape index (κ2) is 14.4. The Morgan fingerprint density at radius 3 is 2.70 bits per heavy atom. The Balaban J connectivity index is 0.00000364. The van der Waals surface area contributed by atoms with Crippen LogP contribution < -0.4 is 10.6 Å². The molecule has 1 heterocycles. The van der Waals surface area contributed by atoms with Crippen LogP contribution in [0.15, 0.2) is 41.7 Å². The Labute approximate surface area is 177 Å². The third-order valence-electron chi connectivity index (χ3n) is 3.57. The molecule has 1 aromatic carbocycles. The number of rotatable bonds is 11. The third kappa shape index (κ3) is 8.67. The fraction of sp³-hybridized carbons (Fsp3) is 0.500. The predicted octanol–water partition coefficient (Wildman–Crippen LogP) is 1.99. The van der Waals surface area contributed by atoms with Crippen molar-refractivity contribution in [3.05, 3.63) is 42.5 Å². The van der Waals surface area contributed by atoms with E-state index in [2.05, 4.69) is 25.8 Å². The van der Waals surface area contributed by atoms with Gasteiger partial charge < -0.3 is 20.1 Å². The van der Waals surface area contributed by atoms with E-state index >= 15 is 0 Å². The molecule has 0 aliphatic rings. The number of guanidine groups is 1. The third-order valence-corrected chi connectivity index (χ3v) is 3.57. The van der Waals surface area contributed by atoms with Crippen molar-refractivity contribution in [1.82, 2.24) is 25.4 Å². The van der Waals surface area contributed by atoms with Gasteiger partial charge in [0.1, 0.15) is 12.9 Å². The van der Waals surface area contributed by atoms with Gasteiger partial charge in [-0.05, 0) is 25.5 Å². The van der Waals surface area contributed by atoms with Gasteiger partial charge in [-0.15, -0.1) is 34.2 Å². The van der Waals surface area contributed by atoms with Gasteiger partial charge in [-0.3, -0.25) is 4.57 Å². The highest BCUT2D eigenvalue weighted by Gasteiger charge is 2.06. The normalized spacial score (nSPS) is 11.1. The summed E-state index contributed by atoms with van der Waals surface area (Å²) in [5, 5.41) is 14.7. The number of para-hydroxylation sites is 1. The Morgan fingerprint density at radius 2 is 1.96 bits per heavy atom. The van der Waals surface area contributed by atoms with E-state index < -0.39 is 0 Å². The van der Waals surface area contributed by atoms with Crippen molar-refractivity contribution in [3.63, 3.8) is 0 Å². The summed E-state index contributed by atoms with van der Waals surface area (Å²) >= 11 is 0. The average Bonchev–Trinajstić information content (AvgIpc) is 3.14. The molecule has 0 saturated carbocycles. The summed E-state index contributed by atoms with van der Waals surface area (Å²) < 4.78 is 12.3. The zero-order valence-electron chi connectivity index (χ0n) is 15.9. The maximum Gasteiger partial charge on any atom is 0.191 e. The zero-order valence-corrected chi connectivity index (χ0v) is 18.3. The van der Waals surface area contributed by atoms with Gasteiger partial charge in [0.05, 0.1) is 13.2 Å². The van der Waals surface area contributed by atoms with Gasteiger partial charge in [0, 0.05) is 32.5 Å². The van der Waals surface area contributed by atoms with Crippen LogP contribution in [-0.4, -0.2) is 60.7 Å². The van der Waals surface area contributed by atoms with Crippen molar-refractivity contribution >= 4 is 29.9 Å². The molecular weight excluding hydrogens is 459 g/mol. The molecule has 0 spiro atoms. The first-order valence-electron chi connectivity index (χ1n) is 8.88. The molecule has 150 valence electrons. The van der Waals surface area contributed by atoms with Crippen molar-refractivity contribution in [3.8, 4) is 5.69 Å². The van der Waals surface area contributed by atoms with Crippen LogP contribution in [0.4, 0.5) is 0 Å². The molecule has 0 unspecified atom stereocenters. The molecule has 0 amide bonds. The van der Waals surface area contributed by atoms with Crippen LogP contribution in [0.3, 0.4) is 0 Å². The fourth-order valence-electron chi connectivity index (χ4n) is 2.29. The molecule has 1 aromatic heterocycles. The Hall–Kier alpha value is -1.72. The van der Waals surface area contributed by atoms with Crippen LogP contribution in [0, 0.1) is 0 Å². The molecule has 0 radical (unpaired) electrons. The van der Waals surface area contributed by atoms with Crippen molar-refractivity contribution in [1.29, 1.82) is 0 Å². The zero-order chi connectivity index (χ0) is 18.5. The maximum absolute atomic E-state index is 5.45. The monoisotopic (exact) mass is 488 g/mol. The lowest BCUT2D eigenvalue weighted by Crippen LogP contribution is -2.38. The number of halogens is 1. The van der Waals surface area contributed by atoms with Gasteiger partial charge in [0.2, 0.25) is 0 Å². The molecule has 27 heavy (non-hydrogen) atoms. The highest BCUT2D eigenvalue weighted by molar-refractivity contribution is 14.0. The first kappa shape index (κ1) is 23.3. The summed E-state index contributed by atoms with van der Waals surface area (Å²) in [6.07, 6.45) is 2.60.